The third-order valence-corrected chi connectivity index (χ3v) is 5.78. The summed E-state index contributed by atoms with van der Waals surface area (Å²) >= 11 is 4.64. The highest BCUT2D eigenvalue weighted by Crippen LogP contribution is 2.37. The minimum atomic E-state index is 0.488. The van der Waals surface area contributed by atoms with Crippen molar-refractivity contribution in [1.29, 1.82) is 0 Å². The summed E-state index contributed by atoms with van der Waals surface area (Å²) in [4.78, 5) is 0. The van der Waals surface area contributed by atoms with Gasteiger partial charge in [0.2, 0.25) is 24.6 Å². The first-order valence-electron chi connectivity index (χ1n) is 12.7. The Hall–Kier alpha value is -5.03. The molecule has 4 N–H and O–H groups in total. The largest absolute Gasteiger partial charge is 0.423 e. The maximum Gasteiger partial charge on any atom is 0.247 e. The molecular weight excluding hydrogens is 542 g/mol. The number of nitrogens with two attached hydrogens (primary N) is 2. The number of aryl methyl sites for hydroxylation is 1. The second-order valence-electron chi connectivity index (χ2n) is 8.90. The number of anilines is 2. The second-order valence-corrected chi connectivity index (χ2v) is 8.90. The summed E-state index contributed by atoms with van der Waals surface area (Å²) in [6.45, 7) is 2.03. The molecule has 3 aromatic carbocycles. The summed E-state index contributed by atoms with van der Waals surface area (Å²) in [6.07, 6.45) is 8.35. The maximum absolute atomic E-state index is 5.75. The fraction of sp³-hybridized carbons (Fsp3) is 0.172. The van der Waals surface area contributed by atoms with E-state index in [1.165, 1.54) is 37.6 Å². The second kappa shape index (κ2) is 14.4. The highest BCUT2D eigenvalue weighted by molar-refractivity contribution is 6.15. The molecule has 0 aliphatic heterocycles. The Balaban J connectivity index is 0.000000139. The van der Waals surface area contributed by atoms with Crippen molar-refractivity contribution in [3.63, 3.8) is 0 Å². The van der Waals surface area contributed by atoms with Crippen LogP contribution in [0.15, 0.2) is 101 Å². The minimum Gasteiger partial charge on any atom is -0.423 e. The van der Waals surface area contributed by atoms with Crippen LogP contribution in [0.3, 0.4) is 0 Å². The number of alkyl halides is 1. The zero-order valence-electron chi connectivity index (χ0n) is 22.6. The molecule has 0 saturated heterocycles. The van der Waals surface area contributed by atoms with Crippen LogP contribution in [0, 0.1) is 6.92 Å². The normalized spacial score (nSPS) is 11.7. The molecule has 0 unspecified atom stereocenters. The van der Waals surface area contributed by atoms with Crippen molar-refractivity contribution in [2.75, 3.05) is 17.9 Å². The van der Waals surface area contributed by atoms with Gasteiger partial charge in [0.15, 0.2) is 5.82 Å². The van der Waals surface area contributed by atoms with Gasteiger partial charge in [-0.25, -0.2) is 0 Å². The van der Waals surface area contributed by atoms with Gasteiger partial charge in [-0.15, -0.1) is 42.2 Å². The number of halogens is 1. The molecule has 7 rings (SSSR count). The SMILES string of the molecule is CCl.Cc1cccc(-c2nnco2)c1.Nc1cccc(-c2nncn2C2CC2)c1.Nc1cccc(-c2nnco2)c1. The van der Waals surface area contributed by atoms with E-state index in [1.54, 1.807) is 18.5 Å². The Morgan fingerprint density at radius 2 is 1.24 bits per heavy atom. The van der Waals surface area contributed by atoms with Crippen LogP contribution in [0.1, 0.15) is 24.4 Å². The van der Waals surface area contributed by atoms with Gasteiger partial charge in [0.1, 0.15) is 6.33 Å². The monoisotopic (exact) mass is 571 g/mol. The topological polar surface area (TPSA) is 161 Å². The fourth-order valence-corrected chi connectivity index (χ4v) is 3.79. The summed E-state index contributed by atoms with van der Waals surface area (Å²) < 4.78 is 12.2. The lowest BCUT2D eigenvalue weighted by molar-refractivity contribution is 0.568. The summed E-state index contributed by atoms with van der Waals surface area (Å²) in [5, 5.41) is 22.9. The van der Waals surface area contributed by atoms with Crippen molar-refractivity contribution in [3.8, 4) is 34.3 Å². The van der Waals surface area contributed by atoms with Crippen LogP contribution >= 0.6 is 11.6 Å². The predicted molar refractivity (Wildman–Crippen MR) is 159 cm³/mol. The average Bonchev–Trinajstić information content (AvgIpc) is 3.42. The van der Waals surface area contributed by atoms with E-state index in [1.807, 2.05) is 67.6 Å². The molecule has 0 amide bonds. The van der Waals surface area contributed by atoms with Crippen LogP contribution in [0.4, 0.5) is 11.4 Å². The summed E-state index contributed by atoms with van der Waals surface area (Å²) in [5.41, 5.74) is 16.8. The van der Waals surface area contributed by atoms with E-state index in [0.717, 1.165) is 28.2 Å². The molecule has 12 heteroatoms. The van der Waals surface area contributed by atoms with Crippen LogP contribution in [0.5, 0.6) is 0 Å². The minimum absolute atomic E-state index is 0.488. The third-order valence-electron chi connectivity index (χ3n) is 5.78. The molecule has 0 bridgehead atoms. The number of aromatic nitrogens is 7. The molecule has 1 saturated carbocycles. The van der Waals surface area contributed by atoms with Gasteiger partial charge in [0.05, 0.1) is 0 Å². The highest BCUT2D eigenvalue weighted by Gasteiger charge is 2.26. The summed E-state index contributed by atoms with van der Waals surface area (Å²) in [7, 11) is 0. The molecular formula is C29H30ClN9O2. The maximum atomic E-state index is 5.75. The van der Waals surface area contributed by atoms with Gasteiger partial charge < -0.3 is 24.9 Å². The number of benzene rings is 3. The zero-order chi connectivity index (χ0) is 29.0. The van der Waals surface area contributed by atoms with E-state index in [4.69, 9.17) is 20.3 Å². The van der Waals surface area contributed by atoms with Crippen LogP contribution < -0.4 is 11.5 Å². The molecule has 11 nitrogen and oxygen atoms in total. The van der Waals surface area contributed by atoms with Crippen LogP contribution in [-0.4, -0.2) is 41.5 Å². The third kappa shape index (κ3) is 8.23. The quantitative estimate of drug-likeness (QED) is 0.187. The Bertz CT molecular complexity index is 1540. The lowest BCUT2D eigenvalue weighted by Crippen LogP contribution is -1.96. The number of hydrogen-bond acceptors (Lipinski definition) is 10. The van der Waals surface area contributed by atoms with E-state index in [2.05, 4.69) is 46.8 Å². The van der Waals surface area contributed by atoms with Crippen molar-refractivity contribution in [2.24, 2.45) is 0 Å². The van der Waals surface area contributed by atoms with Crippen molar-refractivity contribution < 1.29 is 8.83 Å². The van der Waals surface area contributed by atoms with Crippen molar-refractivity contribution in [1.82, 2.24) is 35.2 Å². The predicted octanol–water partition coefficient (Wildman–Crippen LogP) is 6.08. The lowest BCUT2D eigenvalue weighted by atomic mass is 10.1. The average molecular weight is 572 g/mol. The van der Waals surface area contributed by atoms with E-state index in [9.17, 15) is 0 Å². The number of nitrogens with zero attached hydrogens (tertiary/aromatic N) is 7. The first-order chi connectivity index (χ1) is 20.1. The molecule has 3 heterocycles. The van der Waals surface area contributed by atoms with Gasteiger partial charge in [-0.3, -0.25) is 0 Å². The van der Waals surface area contributed by atoms with Crippen LogP contribution in [0.2, 0.25) is 0 Å². The Labute approximate surface area is 242 Å². The van der Waals surface area contributed by atoms with Crippen molar-refractivity contribution >= 4 is 23.0 Å². The first kappa shape index (κ1) is 29.0. The van der Waals surface area contributed by atoms with Gasteiger partial charge in [-0.1, -0.05) is 35.9 Å². The fourth-order valence-electron chi connectivity index (χ4n) is 3.79. The molecule has 1 aliphatic rings. The molecule has 0 spiro atoms. The van der Waals surface area contributed by atoms with Crippen LogP contribution in [0.25, 0.3) is 34.3 Å². The van der Waals surface area contributed by atoms with Crippen LogP contribution in [-0.2, 0) is 0 Å². The molecule has 1 aliphatic carbocycles. The molecule has 210 valence electrons. The van der Waals surface area contributed by atoms with E-state index in [0.29, 0.717) is 23.5 Å². The van der Waals surface area contributed by atoms with Crippen molar-refractivity contribution in [2.45, 2.75) is 25.8 Å². The summed E-state index contributed by atoms with van der Waals surface area (Å²) in [5.74, 6) is 1.98. The van der Waals surface area contributed by atoms with Gasteiger partial charge in [-0.05, 0) is 62.2 Å². The Morgan fingerprint density at radius 3 is 1.76 bits per heavy atom. The van der Waals surface area contributed by atoms with Gasteiger partial charge in [0.25, 0.3) is 0 Å². The smallest absolute Gasteiger partial charge is 0.247 e. The van der Waals surface area contributed by atoms with E-state index >= 15 is 0 Å². The van der Waals surface area contributed by atoms with Gasteiger partial charge in [-0.2, -0.15) is 0 Å². The number of rotatable bonds is 4. The van der Waals surface area contributed by atoms with Gasteiger partial charge in [0, 0.05) is 40.5 Å². The molecule has 0 atom stereocenters. The van der Waals surface area contributed by atoms with Gasteiger partial charge >= 0.3 is 0 Å². The Kier molecular flexibility index (Phi) is 10.2. The number of hydrogen-bond donors (Lipinski definition) is 2. The molecule has 41 heavy (non-hydrogen) atoms. The lowest BCUT2D eigenvalue weighted by Gasteiger charge is -2.04. The summed E-state index contributed by atoms with van der Waals surface area (Å²) in [6, 6.07) is 23.6. The Morgan fingerprint density at radius 1 is 0.707 bits per heavy atom. The van der Waals surface area contributed by atoms with E-state index in [-0.39, 0.29) is 0 Å². The highest BCUT2D eigenvalue weighted by atomic mass is 35.5. The first-order valence-corrected chi connectivity index (χ1v) is 13.4. The standard InChI is InChI=1S/C11H12N4.C9H8N2O.C8H7N3O.CH3Cl/c12-9-3-1-2-8(6-9)11-14-13-7-15(11)10-4-5-10;1-7-3-2-4-8(5-7)9-11-10-6-12-9;9-7-3-1-2-6(4-7)8-11-10-5-12-8;1-2/h1-3,6-7,10H,4-5,12H2;2-6H,1H3;1-5H,9H2;1H3. The zero-order valence-corrected chi connectivity index (χ0v) is 23.4. The molecule has 1 fully saturated rings. The molecule has 3 aromatic heterocycles. The molecule has 0 radical (unpaired) electrons. The van der Waals surface area contributed by atoms with Crippen molar-refractivity contribution in [3.05, 3.63) is 97.5 Å². The molecule has 6 aromatic rings. The number of nitrogen functional groups attached to an aromatic ring is 2. The van der Waals surface area contributed by atoms with E-state index < -0.39 is 0 Å².